The summed E-state index contributed by atoms with van der Waals surface area (Å²) in [7, 11) is 1.39. The number of carbonyl (C=O) groups excluding carboxylic acids is 2. The van der Waals surface area contributed by atoms with Crippen LogP contribution in [0.2, 0.25) is 0 Å². The lowest BCUT2D eigenvalue weighted by Crippen LogP contribution is -2.38. The van der Waals surface area contributed by atoms with Crippen molar-refractivity contribution in [1.82, 2.24) is 10.2 Å². The molecule has 0 radical (unpaired) electrons. The Balaban J connectivity index is 1.57. The number of rotatable bonds is 8. The number of esters is 1. The highest BCUT2D eigenvalue weighted by molar-refractivity contribution is 8.16. The highest BCUT2D eigenvalue weighted by atomic mass is 32.2. The van der Waals surface area contributed by atoms with Crippen molar-refractivity contribution in [1.29, 1.82) is 0 Å². The number of amides is 1. The van der Waals surface area contributed by atoms with E-state index in [-0.39, 0.29) is 12.3 Å². The highest BCUT2D eigenvalue weighted by Crippen LogP contribution is 2.44. The molecule has 34 heavy (non-hydrogen) atoms. The second-order valence-corrected chi connectivity index (χ2v) is 10.4. The van der Waals surface area contributed by atoms with Gasteiger partial charge in [-0.3, -0.25) is 4.79 Å². The van der Waals surface area contributed by atoms with E-state index in [0.29, 0.717) is 23.7 Å². The second kappa shape index (κ2) is 10.6. The fourth-order valence-electron chi connectivity index (χ4n) is 4.13. The lowest BCUT2D eigenvalue weighted by Gasteiger charge is -2.36. The van der Waals surface area contributed by atoms with Crippen LogP contribution in [0.5, 0.6) is 0 Å². The fourth-order valence-corrected chi connectivity index (χ4v) is 5.80. The van der Waals surface area contributed by atoms with Crippen molar-refractivity contribution in [3.05, 3.63) is 80.2 Å². The van der Waals surface area contributed by atoms with E-state index in [1.165, 1.54) is 29.3 Å². The quantitative estimate of drug-likeness (QED) is 0.499. The van der Waals surface area contributed by atoms with Gasteiger partial charge in [0.2, 0.25) is 5.91 Å². The number of aliphatic imine (C=N–C) groups is 1. The Labute approximate surface area is 208 Å². The van der Waals surface area contributed by atoms with Gasteiger partial charge in [0.05, 0.1) is 30.8 Å². The molecule has 2 aliphatic heterocycles. The third-order valence-corrected chi connectivity index (χ3v) is 7.77. The summed E-state index contributed by atoms with van der Waals surface area (Å²) in [4.78, 5) is 33.5. The largest absolute Gasteiger partial charge is 0.466 e. The zero-order chi connectivity index (χ0) is 24.2. The van der Waals surface area contributed by atoms with Crippen molar-refractivity contribution >= 4 is 40.1 Å². The first-order chi connectivity index (χ1) is 16.4. The number of hydrogen-bond acceptors (Lipinski definition) is 7. The number of nitrogens with one attached hydrogen (secondary N) is 1. The van der Waals surface area contributed by atoms with Gasteiger partial charge in [-0.15, -0.1) is 11.3 Å². The van der Waals surface area contributed by atoms with Gasteiger partial charge in [0.1, 0.15) is 0 Å². The first-order valence-electron chi connectivity index (χ1n) is 11.3. The average molecular weight is 496 g/mol. The summed E-state index contributed by atoms with van der Waals surface area (Å²) >= 11 is 3.17. The number of benzene rings is 1. The molecule has 0 unspecified atom stereocenters. The van der Waals surface area contributed by atoms with Crippen LogP contribution >= 0.6 is 23.1 Å². The van der Waals surface area contributed by atoms with Gasteiger partial charge in [-0.1, -0.05) is 55.9 Å². The number of ether oxygens (including phenoxy) is 1. The van der Waals surface area contributed by atoms with Crippen LogP contribution in [0.1, 0.15) is 55.2 Å². The van der Waals surface area contributed by atoms with Crippen LogP contribution in [-0.4, -0.2) is 35.6 Å². The summed E-state index contributed by atoms with van der Waals surface area (Å²) in [6, 6.07) is 12.0. The summed E-state index contributed by atoms with van der Waals surface area (Å²) in [5.74, 6) is -0.0510. The molecule has 6 nitrogen and oxygen atoms in total. The third-order valence-electron chi connectivity index (χ3n) is 5.94. The van der Waals surface area contributed by atoms with Gasteiger partial charge in [0, 0.05) is 17.1 Å². The van der Waals surface area contributed by atoms with Crippen LogP contribution in [0.15, 0.2) is 69.1 Å². The first kappa shape index (κ1) is 24.3. The predicted molar refractivity (Wildman–Crippen MR) is 139 cm³/mol. The number of nitrogens with zero attached hydrogens (tertiary/aromatic N) is 2. The number of methoxy groups -OCH3 is 1. The zero-order valence-corrected chi connectivity index (χ0v) is 21.5. The summed E-state index contributed by atoms with van der Waals surface area (Å²) in [6.07, 6.45) is 1.03. The zero-order valence-electron chi connectivity index (χ0n) is 19.8. The molecule has 1 N–H and O–H groups in total. The minimum absolute atomic E-state index is 0.0514. The van der Waals surface area contributed by atoms with Gasteiger partial charge in [-0.05, 0) is 47.2 Å². The minimum Gasteiger partial charge on any atom is -0.466 e. The Morgan fingerprint density at radius 2 is 1.97 bits per heavy atom. The number of carbonyl (C=O) groups is 2. The van der Waals surface area contributed by atoms with E-state index in [1.807, 2.05) is 28.7 Å². The molecule has 1 atom stereocenters. The van der Waals surface area contributed by atoms with E-state index in [9.17, 15) is 9.59 Å². The summed E-state index contributed by atoms with van der Waals surface area (Å²) in [6.45, 7) is 6.73. The number of thioether (sulfide) groups is 1. The predicted octanol–water partition coefficient (Wildman–Crippen LogP) is 5.37. The Morgan fingerprint density at radius 1 is 1.21 bits per heavy atom. The molecule has 1 aromatic carbocycles. The van der Waals surface area contributed by atoms with Crippen molar-refractivity contribution < 1.29 is 14.3 Å². The van der Waals surface area contributed by atoms with Gasteiger partial charge in [0.25, 0.3) is 0 Å². The van der Waals surface area contributed by atoms with E-state index in [1.54, 1.807) is 11.3 Å². The van der Waals surface area contributed by atoms with Crippen LogP contribution in [0.25, 0.3) is 0 Å². The molecule has 0 fully saturated rings. The smallest absolute Gasteiger partial charge is 0.338 e. The Bertz CT molecular complexity index is 1150. The fraction of sp³-hybridized carbons (Fsp3) is 0.346. The van der Waals surface area contributed by atoms with E-state index in [2.05, 4.69) is 54.5 Å². The van der Waals surface area contributed by atoms with Gasteiger partial charge < -0.3 is 15.0 Å². The lowest BCUT2D eigenvalue weighted by atomic mass is 9.92. The van der Waals surface area contributed by atoms with Crippen molar-refractivity contribution in [2.24, 2.45) is 4.99 Å². The number of fused-ring (bicyclic) bond motifs is 1. The van der Waals surface area contributed by atoms with Crippen molar-refractivity contribution in [2.75, 3.05) is 13.7 Å². The highest BCUT2D eigenvalue weighted by Gasteiger charge is 2.40. The topological polar surface area (TPSA) is 71.0 Å². The SMILES string of the molecule is COC(=O)C1=C(C)N=C2SC=C(CC(=O)NCCc3cccs3)N2[C@@H]1c1ccc(C(C)C)cc1. The number of hydrogen-bond donors (Lipinski definition) is 1. The van der Waals surface area contributed by atoms with Gasteiger partial charge in [0.15, 0.2) is 5.17 Å². The standard InChI is InChI=1S/C26H29N3O3S2/c1-16(2)18-7-9-19(10-8-18)24-23(25(31)32-4)17(3)28-26-29(24)20(15-34-26)14-22(30)27-12-11-21-6-5-13-33-21/h5-10,13,15-16,24H,11-12,14H2,1-4H3,(H,27,30)/t24-/m1/s1. The molecule has 2 aromatic rings. The summed E-state index contributed by atoms with van der Waals surface area (Å²) < 4.78 is 5.13. The maximum absolute atomic E-state index is 12.8. The van der Waals surface area contributed by atoms with Gasteiger partial charge in [-0.2, -0.15) is 0 Å². The third kappa shape index (κ3) is 5.13. The molecule has 1 amide bonds. The summed E-state index contributed by atoms with van der Waals surface area (Å²) in [5, 5.41) is 7.79. The van der Waals surface area contributed by atoms with Crippen molar-refractivity contribution in [3.8, 4) is 0 Å². The van der Waals surface area contributed by atoms with E-state index in [4.69, 9.17) is 4.74 Å². The van der Waals surface area contributed by atoms with Crippen LogP contribution in [-0.2, 0) is 20.7 Å². The molecule has 0 saturated heterocycles. The van der Waals surface area contributed by atoms with Crippen LogP contribution in [0.4, 0.5) is 0 Å². The normalized spacial score (nSPS) is 17.4. The molecule has 178 valence electrons. The molecule has 1 aromatic heterocycles. The second-order valence-electron chi connectivity index (χ2n) is 8.56. The Kier molecular flexibility index (Phi) is 7.58. The first-order valence-corrected chi connectivity index (χ1v) is 13.1. The van der Waals surface area contributed by atoms with E-state index < -0.39 is 12.0 Å². The monoisotopic (exact) mass is 495 g/mol. The Hall–Kier alpha value is -2.84. The van der Waals surface area contributed by atoms with E-state index in [0.717, 1.165) is 22.8 Å². The molecular weight excluding hydrogens is 466 g/mol. The summed E-state index contributed by atoms with van der Waals surface area (Å²) in [5.41, 5.74) is 4.14. The van der Waals surface area contributed by atoms with Crippen molar-refractivity contribution in [2.45, 2.75) is 45.6 Å². The van der Waals surface area contributed by atoms with Crippen LogP contribution in [0.3, 0.4) is 0 Å². The average Bonchev–Trinajstić information content (AvgIpc) is 3.48. The maximum atomic E-state index is 12.8. The van der Waals surface area contributed by atoms with Gasteiger partial charge in [-0.25, -0.2) is 9.79 Å². The molecule has 3 heterocycles. The van der Waals surface area contributed by atoms with Crippen LogP contribution in [0, 0.1) is 0 Å². The molecule has 0 spiro atoms. The van der Waals surface area contributed by atoms with Crippen molar-refractivity contribution in [3.63, 3.8) is 0 Å². The molecule has 2 aliphatic rings. The van der Waals surface area contributed by atoms with E-state index >= 15 is 0 Å². The van der Waals surface area contributed by atoms with Crippen LogP contribution < -0.4 is 5.32 Å². The molecule has 4 rings (SSSR count). The Morgan fingerprint density at radius 3 is 2.62 bits per heavy atom. The maximum Gasteiger partial charge on any atom is 0.338 e. The van der Waals surface area contributed by atoms with Gasteiger partial charge >= 0.3 is 5.97 Å². The minimum atomic E-state index is -0.408. The molecular formula is C26H29N3O3S2. The lowest BCUT2D eigenvalue weighted by molar-refractivity contribution is -0.136. The number of amidine groups is 1. The molecule has 0 saturated carbocycles. The number of allylic oxidation sites excluding steroid dienone is 1. The number of thiophene rings is 1. The molecule has 0 aliphatic carbocycles. The molecule has 0 bridgehead atoms. The molecule has 8 heteroatoms.